The van der Waals surface area contributed by atoms with Gasteiger partial charge in [-0.3, -0.25) is 4.79 Å². The normalized spacial score (nSPS) is 11.3. The summed E-state index contributed by atoms with van der Waals surface area (Å²) in [6.07, 6.45) is 7.65. The number of aliphatic carboxylic acids is 1. The van der Waals surface area contributed by atoms with E-state index in [2.05, 4.69) is 0 Å². The highest BCUT2D eigenvalue weighted by Crippen LogP contribution is 2.12. The first-order valence-corrected chi connectivity index (χ1v) is 6.41. The van der Waals surface area contributed by atoms with Crippen LogP contribution in [0.15, 0.2) is 54.7 Å². The SMILES string of the molecule is Cn1cc(/C=C/C(=O)c2ccccc2)cc1/C=C/C(=O)O. The van der Waals surface area contributed by atoms with Gasteiger partial charge in [-0.05, 0) is 29.9 Å². The van der Waals surface area contributed by atoms with Crippen LogP contribution in [0.4, 0.5) is 0 Å². The maximum Gasteiger partial charge on any atom is 0.328 e. The first kappa shape index (κ1) is 14.5. The van der Waals surface area contributed by atoms with Gasteiger partial charge in [-0.25, -0.2) is 4.79 Å². The number of carbonyl (C=O) groups is 2. The number of allylic oxidation sites excluding steroid dienone is 1. The molecule has 0 saturated carbocycles. The maximum absolute atomic E-state index is 11.9. The molecule has 1 N–H and O–H groups in total. The molecule has 0 radical (unpaired) electrons. The molecule has 21 heavy (non-hydrogen) atoms. The van der Waals surface area contributed by atoms with Crippen molar-refractivity contribution in [2.24, 2.45) is 7.05 Å². The van der Waals surface area contributed by atoms with Crippen molar-refractivity contribution < 1.29 is 14.7 Å². The number of aromatic nitrogens is 1. The van der Waals surface area contributed by atoms with E-state index in [1.807, 2.05) is 37.5 Å². The van der Waals surface area contributed by atoms with Crippen molar-refractivity contribution in [2.45, 2.75) is 0 Å². The first-order chi connectivity index (χ1) is 10.1. The van der Waals surface area contributed by atoms with Crippen molar-refractivity contribution in [1.29, 1.82) is 0 Å². The molecule has 0 aliphatic rings. The molecule has 2 aromatic rings. The van der Waals surface area contributed by atoms with E-state index in [0.29, 0.717) is 5.56 Å². The summed E-state index contributed by atoms with van der Waals surface area (Å²) in [5.41, 5.74) is 2.23. The molecule has 0 fully saturated rings. The third-order valence-corrected chi connectivity index (χ3v) is 2.95. The average molecular weight is 281 g/mol. The van der Waals surface area contributed by atoms with E-state index in [9.17, 15) is 9.59 Å². The number of aryl methyl sites for hydroxylation is 1. The molecule has 1 heterocycles. The van der Waals surface area contributed by atoms with Crippen LogP contribution >= 0.6 is 0 Å². The van der Waals surface area contributed by atoms with E-state index in [1.165, 1.54) is 12.2 Å². The van der Waals surface area contributed by atoms with Crippen LogP contribution < -0.4 is 0 Å². The van der Waals surface area contributed by atoms with E-state index in [-0.39, 0.29) is 5.78 Å². The second-order valence-corrected chi connectivity index (χ2v) is 4.54. The van der Waals surface area contributed by atoms with Gasteiger partial charge in [0, 0.05) is 30.6 Å². The molecular weight excluding hydrogens is 266 g/mol. The number of carboxylic acids is 1. The Labute approximate surface area is 122 Å². The number of hydrogen-bond donors (Lipinski definition) is 1. The Kier molecular flexibility index (Phi) is 4.51. The summed E-state index contributed by atoms with van der Waals surface area (Å²) in [6, 6.07) is 10.8. The largest absolute Gasteiger partial charge is 0.478 e. The quantitative estimate of drug-likeness (QED) is 0.677. The molecule has 0 spiro atoms. The molecule has 4 heteroatoms. The van der Waals surface area contributed by atoms with E-state index in [1.54, 1.807) is 22.8 Å². The lowest BCUT2D eigenvalue weighted by Gasteiger charge is -1.93. The van der Waals surface area contributed by atoms with Crippen molar-refractivity contribution in [2.75, 3.05) is 0 Å². The topological polar surface area (TPSA) is 59.3 Å². The summed E-state index contributed by atoms with van der Waals surface area (Å²) in [5.74, 6) is -1.06. The van der Waals surface area contributed by atoms with Crippen molar-refractivity contribution in [3.05, 3.63) is 71.6 Å². The molecule has 0 unspecified atom stereocenters. The Hall–Kier alpha value is -2.88. The smallest absolute Gasteiger partial charge is 0.328 e. The Bertz CT molecular complexity index is 709. The predicted molar refractivity (Wildman–Crippen MR) is 81.9 cm³/mol. The fourth-order valence-corrected chi connectivity index (χ4v) is 1.89. The van der Waals surface area contributed by atoms with Gasteiger partial charge in [-0.1, -0.05) is 30.3 Å². The minimum Gasteiger partial charge on any atom is -0.478 e. The van der Waals surface area contributed by atoms with Gasteiger partial charge in [0.25, 0.3) is 0 Å². The molecule has 0 atom stereocenters. The highest BCUT2D eigenvalue weighted by Gasteiger charge is 2.02. The zero-order valence-corrected chi connectivity index (χ0v) is 11.6. The van der Waals surface area contributed by atoms with Crippen LogP contribution in [0.3, 0.4) is 0 Å². The summed E-state index contributed by atoms with van der Waals surface area (Å²) in [5, 5.41) is 8.62. The van der Waals surface area contributed by atoms with E-state index < -0.39 is 5.97 Å². The average Bonchev–Trinajstić information content (AvgIpc) is 2.84. The van der Waals surface area contributed by atoms with Gasteiger partial charge in [-0.2, -0.15) is 0 Å². The van der Waals surface area contributed by atoms with Crippen LogP contribution in [0.2, 0.25) is 0 Å². The predicted octanol–water partition coefficient (Wildman–Crippen LogP) is 3.02. The number of hydrogen-bond acceptors (Lipinski definition) is 2. The summed E-state index contributed by atoms with van der Waals surface area (Å²) in [4.78, 5) is 22.4. The molecule has 0 amide bonds. The van der Waals surface area contributed by atoms with Gasteiger partial charge < -0.3 is 9.67 Å². The molecule has 0 aliphatic carbocycles. The first-order valence-electron chi connectivity index (χ1n) is 6.41. The standard InChI is InChI=1S/C17H15NO3/c1-18-12-13(11-15(18)8-10-17(20)21)7-9-16(19)14-5-3-2-4-6-14/h2-12H,1H3,(H,20,21)/b9-7+,10-8+. The molecule has 0 saturated heterocycles. The van der Waals surface area contributed by atoms with Crippen molar-refractivity contribution >= 4 is 23.9 Å². The fourth-order valence-electron chi connectivity index (χ4n) is 1.89. The third kappa shape index (κ3) is 4.04. The van der Waals surface area contributed by atoms with Crippen LogP contribution in [-0.4, -0.2) is 21.4 Å². The highest BCUT2D eigenvalue weighted by atomic mass is 16.4. The van der Waals surface area contributed by atoms with Crippen LogP contribution in [0.1, 0.15) is 21.6 Å². The number of ketones is 1. The number of nitrogens with zero attached hydrogens (tertiary/aromatic N) is 1. The molecule has 1 aromatic heterocycles. The number of benzene rings is 1. The lowest BCUT2D eigenvalue weighted by Crippen LogP contribution is -1.92. The molecule has 4 nitrogen and oxygen atoms in total. The monoisotopic (exact) mass is 281 g/mol. The Morgan fingerprint density at radius 1 is 1.10 bits per heavy atom. The van der Waals surface area contributed by atoms with E-state index in [4.69, 9.17) is 5.11 Å². The number of rotatable bonds is 5. The van der Waals surface area contributed by atoms with Gasteiger partial charge in [-0.15, -0.1) is 0 Å². The summed E-state index contributed by atoms with van der Waals surface area (Å²) >= 11 is 0. The second kappa shape index (κ2) is 6.52. The Morgan fingerprint density at radius 2 is 1.81 bits per heavy atom. The lowest BCUT2D eigenvalue weighted by atomic mass is 10.1. The summed E-state index contributed by atoms with van der Waals surface area (Å²) < 4.78 is 1.80. The lowest BCUT2D eigenvalue weighted by molar-refractivity contribution is -0.131. The minimum atomic E-state index is -0.993. The van der Waals surface area contributed by atoms with Gasteiger partial charge in [0.2, 0.25) is 0 Å². The van der Waals surface area contributed by atoms with Crippen molar-refractivity contribution in [3.8, 4) is 0 Å². The molecule has 0 aliphatic heterocycles. The summed E-state index contributed by atoms with van der Waals surface area (Å²) in [6.45, 7) is 0. The zero-order chi connectivity index (χ0) is 15.2. The second-order valence-electron chi connectivity index (χ2n) is 4.54. The van der Waals surface area contributed by atoms with Gasteiger partial charge in [0.05, 0.1) is 0 Å². The molecule has 1 aromatic carbocycles. The minimum absolute atomic E-state index is 0.0675. The number of carbonyl (C=O) groups excluding carboxylic acids is 1. The van der Waals surface area contributed by atoms with E-state index in [0.717, 1.165) is 17.3 Å². The highest BCUT2D eigenvalue weighted by molar-refractivity contribution is 6.06. The van der Waals surface area contributed by atoms with Crippen molar-refractivity contribution in [3.63, 3.8) is 0 Å². The third-order valence-electron chi connectivity index (χ3n) is 2.95. The summed E-state index contributed by atoms with van der Waals surface area (Å²) in [7, 11) is 1.82. The maximum atomic E-state index is 11.9. The Balaban J connectivity index is 2.13. The van der Waals surface area contributed by atoms with Crippen LogP contribution in [0, 0.1) is 0 Å². The van der Waals surface area contributed by atoms with Crippen molar-refractivity contribution in [1.82, 2.24) is 4.57 Å². The van der Waals surface area contributed by atoms with Crippen LogP contribution in [0.25, 0.3) is 12.2 Å². The zero-order valence-electron chi connectivity index (χ0n) is 11.6. The molecule has 106 valence electrons. The fraction of sp³-hybridized carbons (Fsp3) is 0.0588. The van der Waals surface area contributed by atoms with Gasteiger partial charge >= 0.3 is 5.97 Å². The molecular formula is C17H15NO3. The van der Waals surface area contributed by atoms with Gasteiger partial charge in [0.1, 0.15) is 0 Å². The van der Waals surface area contributed by atoms with E-state index >= 15 is 0 Å². The Morgan fingerprint density at radius 3 is 2.48 bits per heavy atom. The number of carboxylic acid groups (broad SMARTS) is 1. The van der Waals surface area contributed by atoms with Gasteiger partial charge in [0.15, 0.2) is 5.78 Å². The molecule has 0 bridgehead atoms. The van der Waals surface area contributed by atoms with Crippen LogP contribution in [0.5, 0.6) is 0 Å². The van der Waals surface area contributed by atoms with Crippen LogP contribution in [-0.2, 0) is 11.8 Å². The molecule has 2 rings (SSSR count).